The zero-order valence-corrected chi connectivity index (χ0v) is 12.7. The molecule has 0 saturated carbocycles. The molecule has 0 amide bonds. The van der Waals surface area contributed by atoms with E-state index in [2.05, 4.69) is 37.8 Å². The van der Waals surface area contributed by atoms with Crippen LogP contribution in [0.1, 0.15) is 45.7 Å². The molecule has 0 bridgehead atoms. The van der Waals surface area contributed by atoms with E-state index < -0.39 is 0 Å². The van der Waals surface area contributed by atoms with Crippen LogP contribution >= 0.6 is 0 Å². The molecule has 0 aliphatic rings. The fourth-order valence-corrected chi connectivity index (χ4v) is 2.51. The van der Waals surface area contributed by atoms with E-state index in [1.807, 2.05) is 19.1 Å². The molecule has 2 atom stereocenters. The number of benzene rings is 1. The summed E-state index contributed by atoms with van der Waals surface area (Å²) in [5, 5.41) is 0. The maximum absolute atomic E-state index is 6.02. The summed E-state index contributed by atoms with van der Waals surface area (Å²) in [5.74, 6) is 0.929. The first kappa shape index (κ1) is 16.0. The quantitative estimate of drug-likeness (QED) is 0.783. The molecule has 0 fully saturated rings. The van der Waals surface area contributed by atoms with Gasteiger partial charge in [-0.05, 0) is 44.5 Å². The molecule has 1 rings (SSSR count). The van der Waals surface area contributed by atoms with Gasteiger partial charge in [0.25, 0.3) is 0 Å². The fourth-order valence-electron chi connectivity index (χ4n) is 2.51. The van der Waals surface area contributed by atoms with E-state index >= 15 is 0 Å². The number of nitrogens with zero attached hydrogens (tertiary/aromatic N) is 1. The van der Waals surface area contributed by atoms with Gasteiger partial charge in [0.15, 0.2) is 0 Å². The van der Waals surface area contributed by atoms with Gasteiger partial charge in [0.1, 0.15) is 5.75 Å². The summed E-state index contributed by atoms with van der Waals surface area (Å²) in [4.78, 5) is 2.46. The van der Waals surface area contributed by atoms with Crippen LogP contribution in [-0.4, -0.2) is 30.6 Å². The van der Waals surface area contributed by atoms with Gasteiger partial charge in [0.05, 0.1) is 6.61 Å². The first-order valence-electron chi connectivity index (χ1n) is 7.36. The number of rotatable bonds is 8. The van der Waals surface area contributed by atoms with Crippen molar-refractivity contribution in [2.75, 3.05) is 19.7 Å². The molecule has 108 valence electrons. The van der Waals surface area contributed by atoms with Gasteiger partial charge in [-0.25, -0.2) is 0 Å². The summed E-state index contributed by atoms with van der Waals surface area (Å²) in [6, 6.07) is 9.11. The number of nitrogens with two attached hydrogens (primary N) is 1. The molecular weight excluding hydrogens is 236 g/mol. The number of hydrogen-bond acceptors (Lipinski definition) is 3. The second-order valence-electron chi connectivity index (χ2n) is 4.84. The van der Waals surface area contributed by atoms with Crippen LogP contribution in [0.3, 0.4) is 0 Å². The Morgan fingerprint density at radius 3 is 2.53 bits per heavy atom. The van der Waals surface area contributed by atoms with Gasteiger partial charge in [-0.1, -0.05) is 26.0 Å². The summed E-state index contributed by atoms with van der Waals surface area (Å²) in [6.07, 6.45) is 1.13. The highest BCUT2D eigenvalue weighted by Gasteiger charge is 2.21. The third-order valence-electron chi connectivity index (χ3n) is 3.70. The predicted octanol–water partition coefficient (Wildman–Crippen LogP) is 3.21. The van der Waals surface area contributed by atoms with Crippen LogP contribution in [0.25, 0.3) is 0 Å². The number of ether oxygens (including phenoxy) is 1. The highest BCUT2D eigenvalue weighted by Crippen LogP contribution is 2.26. The Bertz CT molecular complexity index is 368. The molecule has 2 unspecified atom stereocenters. The molecular formula is C16H28N2O. The molecule has 1 aromatic rings. The minimum atomic E-state index is 0.264. The largest absolute Gasteiger partial charge is 0.494 e. The molecule has 3 nitrogen and oxygen atoms in total. The van der Waals surface area contributed by atoms with Crippen molar-refractivity contribution in [2.45, 2.75) is 46.2 Å². The lowest BCUT2D eigenvalue weighted by Crippen LogP contribution is -2.39. The van der Waals surface area contributed by atoms with Gasteiger partial charge in [0.2, 0.25) is 0 Å². The van der Waals surface area contributed by atoms with Crippen LogP contribution in [0.2, 0.25) is 0 Å². The van der Waals surface area contributed by atoms with Crippen molar-refractivity contribution in [1.29, 1.82) is 0 Å². The Balaban J connectivity index is 2.97. The number of hydrogen-bond donors (Lipinski definition) is 1. The molecule has 0 aliphatic carbocycles. The molecule has 0 saturated heterocycles. The molecule has 3 heteroatoms. The third-order valence-corrected chi connectivity index (χ3v) is 3.70. The second kappa shape index (κ2) is 8.18. The van der Waals surface area contributed by atoms with E-state index in [0.29, 0.717) is 19.2 Å². The van der Waals surface area contributed by atoms with Crippen molar-refractivity contribution in [1.82, 2.24) is 4.90 Å². The van der Waals surface area contributed by atoms with E-state index in [0.717, 1.165) is 18.7 Å². The fraction of sp³-hybridized carbons (Fsp3) is 0.625. The van der Waals surface area contributed by atoms with Crippen LogP contribution in [0.15, 0.2) is 24.3 Å². The van der Waals surface area contributed by atoms with E-state index in [1.54, 1.807) is 0 Å². The third kappa shape index (κ3) is 4.22. The molecule has 0 spiro atoms. The zero-order valence-electron chi connectivity index (χ0n) is 12.7. The van der Waals surface area contributed by atoms with Crippen LogP contribution in [-0.2, 0) is 0 Å². The van der Waals surface area contributed by atoms with Crippen LogP contribution in [0.5, 0.6) is 5.75 Å². The van der Waals surface area contributed by atoms with Crippen molar-refractivity contribution >= 4 is 0 Å². The topological polar surface area (TPSA) is 38.5 Å². The van der Waals surface area contributed by atoms with Crippen molar-refractivity contribution in [2.24, 2.45) is 5.73 Å². The summed E-state index contributed by atoms with van der Waals surface area (Å²) in [6.45, 7) is 11.0. The highest BCUT2D eigenvalue weighted by molar-refractivity contribution is 5.31. The summed E-state index contributed by atoms with van der Waals surface area (Å²) < 4.78 is 5.58. The van der Waals surface area contributed by atoms with Gasteiger partial charge in [-0.2, -0.15) is 0 Å². The smallest absolute Gasteiger partial charge is 0.119 e. The molecule has 0 radical (unpaired) electrons. The minimum Gasteiger partial charge on any atom is -0.494 e. The lowest BCUT2D eigenvalue weighted by atomic mass is 10.0. The van der Waals surface area contributed by atoms with Crippen molar-refractivity contribution < 1.29 is 4.74 Å². The Hall–Kier alpha value is -1.06. The minimum absolute atomic E-state index is 0.264. The average Bonchev–Trinajstić information content (AvgIpc) is 2.44. The Morgan fingerprint density at radius 1 is 1.26 bits per heavy atom. The summed E-state index contributed by atoms with van der Waals surface area (Å²) in [7, 11) is 0. The summed E-state index contributed by atoms with van der Waals surface area (Å²) in [5.41, 5.74) is 7.26. The van der Waals surface area contributed by atoms with Crippen molar-refractivity contribution in [3.05, 3.63) is 29.8 Å². The molecule has 0 aliphatic heterocycles. The van der Waals surface area contributed by atoms with Gasteiger partial charge in [-0.15, -0.1) is 0 Å². The summed E-state index contributed by atoms with van der Waals surface area (Å²) >= 11 is 0. The van der Waals surface area contributed by atoms with Crippen LogP contribution in [0, 0.1) is 0 Å². The van der Waals surface area contributed by atoms with E-state index in [-0.39, 0.29) is 6.04 Å². The Morgan fingerprint density at radius 2 is 2.00 bits per heavy atom. The standard InChI is InChI=1S/C16H28N2O/c1-5-13(4)18(6-2)16(12-17)14-9-8-10-15(11-14)19-7-3/h8-11,13,16H,5-7,12,17H2,1-4H3. The predicted molar refractivity (Wildman–Crippen MR) is 81.5 cm³/mol. The maximum Gasteiger partial charge on any atom is 0.119 e. The lowest BCUT2D eigenvalue weighted by molar-refractivity contribution is 0.151. The van der Waals surface area contributed by atoms with E-state index in [1.165, 1.54) is 5.56 Å². The second-order valence-corrected chi connectivity index (χ2v) is 4.84. The van der Waals surface area contributed by atoms with Gasteiger partial charge >= 0.3 is 0 Å². The Labute approximate surface area is 117 Å². The molecule has 0 heterocycles. The molecule has 19 heavy (non-hydrogen) atoms. The monoisotopic (exact) mass is 264 g/mol. The van der Waals surface area contributed by atoms with E-state index in [9.17, 15) is 0 Å². The first-order valence-corrected chi connectivity index (χ1v) is 7.36. The molecule has 2 N–H and O–H groups in total. The normalized spacial score (nSPS) is 14.4. The zero-order chi connectivity index (χ0) is 14.3. The van der Waals surface area contributed by atoms with Gasteiger partial charge in [0, 0.05) is 18.6 Å². The Kier molecular flexibility index (Phi) is 6.89. The highest BCUT2D eigenvalue weighted by atomic mass is 16.5. The van der Waals surface area contributed by atoms with Crippen LogP contribution < -0.4 is 10.5 Å². The maximum atomic E-state index is 6.02. The van der Waals surface area contributed by atoms with Gasteiger partial charge in [-0.3, -0.25) is 4.90 Å². The molecule has 0 aromatic heterocycles. The van der Waals surface area contributed by atoms with Gasteiger partial charge < -0.3 is 10.5 Å². The van der Waals surface area contributed by atoms with Crippen LogP contribution in [0.4, 0.5) is 0 Å². The number of likely N-dealkylation sites (N-methyl/N-ethyl adjacent to an activating group) is 1. The van der Waals surface area contributed by atoms with Crippen molar-refractivity contribution in [3.63, 3.8) is 0 Å². The lowest BCUT2D eigenvalue weighted by Gasteiger charge is -2.35. The first-order chi connectivity index (χ1) is 9.17. The van der Waals surface area contributed by atoms with Crippen molar-refractivity contribution in [3.8, 4) is 5.75 Å². The SMILES string of the molecule is CCOc1cccc(C(CN)N(CC)C(C)CC)c1. The molecule has 1 aromatic carbocycles. The van der Waals surface area contributed by atoms with E-state index in [4.69, 9.17) is 10.5 Å². The average molecular weight is 264 g/mol.